The lowest BCUT2D eigenvalue weighted by Gasteiger charge is -2.30. The van der Waals surface area contributed by atoms with Crippen LogP contribution in [-0.4, -0.2) is 33.6 Å². The van der Waals surface area contributed by atoms with Gasteiger partial charge in [0.15, 0.2) is 6.54 Å². The molecule has 0 aliphatic carbocycles. The van der Waals surface area contributed by atoms with Crippen LogP contribution < -0.4 is 0 Å². The van der Waals surface area contributed by atoms with Crippen molar-refractivity contribution in [3.63, 3.8) is 0 Å². The number of hydrazone groups is 1. The largest absolute Gasteiger partial charge is 0.362 e. The lowest BCUT2D eigenvalue weighted by atomic mass is 9.93. The van der Waals surface area contributed by atoms with Gasteiger partial charge in [-0.2, -0.15) is 0 Å². The van der Waals surface area contributed by atoms with Gasteiger partial charge in [-0.3, -0.25) is 0 Å². The molecule has 1 N–H and O–H groups in total. The highest BCUT2D eigenvalue weighted by Crippen LogP contribution is 2.38. The summed E-state index contributed by atoms with van der Waals surface area (Å²) in [7, 11) is 0. The van der Waals surface area contributed by atoms with Crippen LogP contribution in [0, 0.1) is 0 Å². The standard InChI is InChI=1S/C26H26ClN2O/c27-24-15-13-23(14-16-24)26(30)19-25(28-17-5-2-6-18-29(26)28)22-11-9-21(10-12-22)20-7-3-1-4-8-20/h1,3-4,7-16,30H,2,5-6,17-19H2/q+1. The first-order valence-electron chi connectivity index (χ1n) is 10.7. The van der Waals surface area contributed by atoms with E-state index in [1.165, 1.54) is 28.8 Å². The number of rotatable bonds is 3. The normalized spacial score (nSPS) is 21.5. The maximum absolute atomic E-state index is 11.9. The molecule has 0 saturated carbocycles. The fourth-order valence-electron chi connectivity index (χ4n) is 4.73. The van der Waals surface area contributed by atoms with Crippen LogP contribution in [0.15, 0.2) is 78.9 Å². The summed E-state index contributed by atoms with van der Waals surface area (Å²) in [5, 5.41) is 14.7. The van der Waals surface area contributed by atoms with Crippen molar-refractivity contribution in [1.82, 2.24) is 5.01 Å². The second kappa shape index (κ2) is 7.90. The monoisotopic (exact) mass is 417 g/mol. The molecule has 152 valence electrons. The average Bonchev–Trinajstić information content (AvgIpc) is 2.94. The highest BCUT2D eigenvalue weighted by atomic mass is 35.5. The first-order valence-corrected chi connectivity index (χ1v) is 11.1. The highest BCUT2D eigenvalue weighted by Gasteiger charge is 2.52. The molecule has 3 nitrogen and oxygen atoms in total. The lowest BCUT2D eigenvalue weighted by Crippen LogP contribution is -2.46. The number of hydrazine groups is 1. The Bertz CT molecular complexity index is 1060. The molecule has 2 aliphatic heterocycles. The molecule has 1 fully saturated rings. The zero-order valence-corrected chi connectivity index (χ0v) is 17.7. The van der Waals surface area contributed by atoms with Crippen LogP contribution in [0.2, 0.25) is 5.02 Å². The van der Waals surface area contributed by atoms with Crippen LogP contribution in [0.3, 0.4) is 0 Å². The molecule has 0 aromatic heterocycles. The fraction of sp³-hybridized carbons (Fsp3) is 0.269. The number of fused-ring (bicyclic) bond motifs is 1. The molecule has 0 radical (unpaired) electrons. The Kier molecular flexibility index (Phi) is 5.10. The van der Waals surface area contributed by atoms with Gasteiger partial charge in [-0.1, -0.05) is 66.2 Å². The van der Waals surface area contributed by atoms with Gasteiger partial charge in [0.1, 0.15) is 0 Å². The third-order valence-corrected chi connectivity index (χ3v) is 6.57. The summed E-state index contributed by atoms with van der Waals surface area (Å²) in [6, 6.07) is 26.8. The Hall–Kier alpha value is -2.62. The molecule has 0 amide bonds. The van der Waals surface area contributed by atoms with E-state index in [9.17, 15) is 5.11 Å². The van der Waals surface area contributed by atoms with Gasteiger partial charge in [-0.25, -0.2) is 0 Å². The van der Waals surface area contributed by atoms with Crippen LogP contribution in [0.4, 0.5) is 0 Å². The molecule has 4 heteroatoms. The molecule has 0 bridgehead atoms. The van der Waals surface area contributed by atoms with Crippen molar-refractivity contribution < 1.29 is 9.79 Å². The van der Waals surface area contributed by atoms with E-state index in [1.807, 2.05) is 30.3 Å². The van der Waals surface area contributed by atoms with Gasteiger partial charge in [0.25, 0.3) is 0 Å². The lowest BCUT2D eigenvalue weighted by molar-refractivity contribution is -0.706. The summed E-state index contributed by atoms with van der Waals surface area (Å²) in [5.41, 5.74) is 4.64. The van der Waals surface area contributed by atoms with E-state index in [4.69, 9.17) is 11.6 Å². The van der Waals surface area contributed by atoms with Crippen molar-refractivity contribution in [2.75, 3.05) is 13.1 Å². The Labute approximate surface area is 182 Å². The van der Waals surface area contributed by atoms with Crippen molar-refractivity contribution in [1.29, 1.82) is 0 Å². The first kappa shape index (κ1) is 19.3. The topological polar surface area (TPSA) is 26.5 Å². The van der Waals surface area contributed by atoms with Crippen LogP contribution in [0.1, 0.15) is 36.8 Å². The molecule has 3 aromatic carbocycles. The van der Waals surface area contributed by atoms with E-state index >= 15 is 0 Å². The summed E-state index contributed by atoms with van der Waals surface area (Å²) in [5.74, 6) is 0. The average molecular weight is 418 g/mol. The second-order valence-corrected chi connectivity index (χ2v) is 8.63. The SMILES string of the molecule is OC1(c2ccc(Cl)cc2)CC(c2ccc(-c3ccccc3)cc2)=[N+]2CCCCCN21. The number of benzene rings is 3. The summed E-state index contributed by atoms with van der Waals surface area (Å²) in [6.07, 6.45) is 3.98. The molecular formula is C26H26ClN2O+. The summed E-state index contributed by atoms with van der Waals surface area (Å²) in [6.45, 7) is 1.79. The van der Waals surface area contributed by atoms with Gasteiger partial charge < -0.3 is 5.11 Å². The van der Waals surface area contributed by atoms with Crippen molar-refractivity contribution in [2.45, 2.75) is 31.4 Å². The molecule has 1 atom stereocenters. The predicted molar refractivity (Wildman–Crippen MR) is 122 cm³/mol. The molecule has 0 spiro atoms. The van der Waals surface area contributed by atoms with Crippen LogP contribution >= 0.6 is 11.6 Å². The quantitative estimate of drug-likeness (QED) is 0.573. The number of halogens is 1. The third-order valence-electron chi connectivity index (χ3n) is 6.32. The van der Waals surface area contributed by atoms with Crippen molar-refractivity contribution in [3.8, 4) is 11.1 Å². The van der Waals surface area contributed by atoms with Crippen LogP contribution in [0.25, 0.3) is 11.1 Å². The van der Waals surface area contributed by atoms with Gasteiger partial charge in [-0.05, 0) is 48.2 Å². The summed E-state index contributed by atoms with van der Waals surface area (Å²) in [4.78, 5) is 0. The van der Waals surface area contributed by atoms with E-state index in [-0.39, 0.29) is 0 Å². The Balaban J connectivity index is 1.53. The molecule has 1 unspecified atom stereocenters. The minimum absolute atomic E-state index is 0.569. The van der Waals surface area contributed by atoms with Crippen molar-refractivity contribution in [2.24, 2.45) is 0 Å². The van der Waals surface area contributed by atoms with Crippen LogP contribution in [0.5, 0.6) is 0 Å². The first-order chi connectivity index (χ1) is 14.6. The Morgan fingerprint density at radius 3 is 2.17 bits per heavy atom. The molecule has 2 heterocycles. The molecule has 30 heavy (non-hydrogen) atoms. The molecule has 2 aliphatic rings. The number of aliphatic hydroxyl groups is 1. The van der Waals surface area contributed by atoms with Gasteiger partial charge in [-0.15, -0.1) is 9.69 Å². The second-order valence-electron chi connectivity index (χ2n) is 8.20. The van der Waals surface area contributed by atoms with Crippen molar-refractivity contribution in [3.05, 3.63) is 95.0 Å². The Morgan fingerprint density at radius 2 is 1.43 bits per heavy atom. The maximum atomic E-state index is 11.9. The van der Waals surface area contributed by atoms with Gasteiger partial charge >= 0.3 is 0 Å². The zero-order valence-electron chi connectivity index (χ0n) is 17.0. The molecule has 3 aromatic rings. The van der Waals surface area contributed by atoms with Gasteiger partial charge in [0.2, 0.25) is 11.4 Å². The number of nitrogens with zero attached hydrogens (tertiary/aromatic N) is 2. The maximum Gasteiger partial charge on any atom is 0.225 e. The van der Waals surface area contributed by atoms with Crippen LogP contribution in [-0.2, 0) is 5.72 Å². The smallest absolute Gasteiger partial charge is 0.225 e. The van der Waals surface area contributed by atoms with E-state index in [0.29, 0.717) is 11.4 Å². The number of hydrogen-bond donors (Lipinski definition) is 1. The van der Waals surface area contributed by atoms with Gasteiger partial charge in [0, 0.05) is 22.6 Å². The fourth-order valence-corrected chi connectivity index (χ4v) is 4.85. The van der Waals surface area contributed by atoms with Gasteiger partial charge in [0.05, 0.1) is 13.0 Å². The molecule has 1 saturated heterocycles. The highest BCUT2D eigenvalue weighted by molar-refractivity contribution is 6.30. The summed E-state index contributed by atoms with van der Waals surface area (Å²) >= 11 is 6.11. The zero-order chi connectivity index (χ0) is 20.6. The number of hydrogen-bond acceptors (Lipinski definition) is 2. The third kappa shape index (κ3) is 3.42. The van der Waals surface area contributed by atoms with Crippen molar-refractivity contribution >= 4 is 17.3 Å². The van der Waals surface area contributed by atoms with E-state index in [1.54, 1.807) is 0 Å². The minimum Gasteiger partial charge on any atom is -0.362 e. The van der Waals surface area contributed by atoms with E-state index < -0.39 is 5.72 Å². The molecular weight excluding hydrogens is 392 g/mol. The minimum atomic E-state index is -1.04. The summed E-state index contributed by atoms with van der Waals surface area (Å²) < 4.78 is 2.32. The van der Waals surface area contributed by atoms with E-state index in [0.717, 1.165) is 31.5 Å². The Morgan fingerprint density at radius 1 is 0.767 bits per heavy atom. The predicted octanol–water partition coefficient (Wildman–Crippen LogP) is 5.46. The van der Waals surface area contributed by atoms with E-state index in [2.05, 4.69) is 58.2 Å². The molecule has 5 rings (SSSR count).